The minimum absolute atomic E-state index is 0.0463. The normalized spacial score (nSPS) is 13.4. The Labute approximate surface area is 102 Å². The second-order valence-electron chi connectivity index (χ2n) is 3.58. The van der Waals surface area contributed by atoms with Crippen LogP contribution in [0.1, 0.15) is 0 Å². The first-order chi connectivity index (χ1) is 8.27. The van der Waals surface area contributed by atoms with Crippen molar-refractivity contribution in [2.24, 2.45) is 0 Å². The van der Waals surface area contributed by atoms with Gasteiger partial charge in [0.1, 0.15) is 5.69 Å². The highest BCUT2D eigenvalue weighted by atomic mass is 32.2. The number of fused-ring (bicyclic) bond motifs is 1. The Morgan fingerprint density at radius 1 is 0.941 bits per heavy atom. The lowest BCUT2D eigenvalue weighted by molar-refractivity contribution is 0.588. The second kappa shape index (κ2) is 3.92. The molecule has 17 heavy (non-hydrogen) atoms. The summed E-state index contributed by atoms with van der Waals surface area (Å²) in [4.78, 5) is 0. The maximum absolute atomic E-state index is 13.7. The van der Waals surface area contributed by atoms with Gasteiger partial charge in [-0.1, -0.05) is 18.2 Å². The van der Waals surface area contributed by atoms with E-state index in [0.29, 0.717) is 0 Å². The van der Waals surface area contributed by atoms with Gasteiger partial charge < -0.3 is 4.72 Å². The molecule has 1 aliphatic rings. The van der Waals surface area contributed by atoms with Crippen LogP contribution in [0.15, 0.2) is 42.5 Å². The molecule has 3 rings (SSSR count). The number of nitrogens with zero attached hydrogens (tertiary/aromatic N) is 1. The first-order valence-electron chi connectivity index (χ1n) is 5.03. The van der Waals surface area contributed by atoms with E-state index < -0.39 is 11.6 Å². The van der Waals surface area contributed by atoms with Crippen LogP contribution in [0.5, 0.6) is 0 Å². The first kappa shape index (κ1) is 10.4. The van der Waals surface area contributed by atoms with Gasteiger partial charge in [0.05, 0.1) is 23.5 Å². The Bertz CT molecular complexity index is 554. The van der Waals surface area contributed by atoms with Gasteiger partial charge in [-0.25, -0.2) is 8.78 Å². The van der Waals surface area contributed by atoms with Crippen molar-refractivity contribution in [2.75, 3.05) is 9.03 Å². The molecule has 0 unspecified atom stereocenters. The van der Waals surface area contributed by atoms with E-state index in [4.69, 9.17) is 0 Å². The van der Waals surface area contributed by atoms with E-state index in [1.807, 2.05) is 24.3 Å². The van der Waals surface area contributed by atoms with Crippen molar-refractivity contribution < 1.29 is 8.78 Å². The Morgan fingerprint density at radius 3 is 2.41 bits per heavy atom. The lowest BCUT2D eigenvalue weighted by Crippen LogP contribution is -2.07. The predicted octanol–water partition coefficient (Wildman–Crippen LogP) is 4.09. The molecule has 0 saturated heterocycles. The Morgan fingerprint density at radius 2 is 1.65 bits per heavy atom. The summed E-state index contributed by atoms with van der Waals surface area (Å²) in [6, 6.07) is 11.2. The maximum atomic E-state index is 13.7. The van der Waals surface area contributed by atoms with Crippen LogP contribution in [-0.2, 0) is 0 Å². The summed E-state index contributed by atoms with van der Waals surface area (Å²) >= 11 is 1.16. The molecular formula is C12H8F2N2S. The SMILES string of the molecule is Fc1cccc(F)c1N1SNc2ccccc21. The largest absolute Gasteiger partial charge is 0.310 e. The van der Waals surface area contributed by atoms with Crippen LogP contribution in [0.2, 0.25) is 0 Å². The summed E-state index contributed by atoms with van der Waals surface area (Å²) in [6.45, 7) is 0. The van der Waals surface area contributed by atoms with Crippen molar-refractivity contribution in [2.45, 2.75) is 0 Å². The molecule has 0 saturated carbocycles. The third kappa shape index (κ3) is 1.63. The summed E-state index contributed by atoms with van der Waals surface area (Å²) in [7, 11) is 0. The van der Waals surface area contributed by atoms with Crippen molar-refractivity contribution >= 4 is 29.2 Å². The van der Waals surface area contributed by atoms with Gasteiger partial charge in [0.2, 0.25) is 0 Å². The van der Waals surface area contributed by atoms with Crippen molar-refractivity contribution in [1.29, 1.82) is 0 Å². The predicted molar refractivity (Wildman–Crippen MR) is 66.2 cm³/mol. The molecular weight excluding hydrogens is 242 g/mol. The van der Waals surface area contributed by atoms with Gasteiger partial charge in [0.25, 0.3) is 0 Å². The number of para-hydroxylation sites is 3. The third-order valence-corrected chi connectivity index (χ3v) is 3.38. The zero-order chi connectivity index (χ0) is 11.8. The summed E-state index contributed by atoms with van der Waals surface area (Å²) in [5.74, 6) is -1.15. The quantitative estimate of drug-likeness (QED) is 0.767. The molecule has 0 amide bonds. The lowest BCUT2D eigenvalue weighted by atomic mass is 10.2. The number of anilines is 3. The van der Waals surface area contributed by atoms with Gasteiger partial charge in [-0.05, 0) is 24.3 Å². The van der Waals surface area contributed by atoms with E-state index >= 15 is 0 Å². The van der Waals surface area contributed by atoms with Crippen molar-refractivity contribution in [3.63, 3.8) is 0 Å². The highest BCUT2D eigenvalue weighted by molar-refractivity contribution is 8.02. The molecule has 1 heterocycles. The topological polar surface area (TPSA) is 15.3 Å². The van der Waals surface area contributed by atoms with E-state index in [9.17, 15) is 8.78 Å². The standard InChI is InChI=1S/C12H8F2N2S/c13-8-4-3-5-9(14)12(8)16-11-7-2-1-6-10(11)15-17-16/h1-7,15H. The zero-order valence-corrected chi connectivity index (χ0v) is 9.47. The van der Waals surface area contributed by atoms with E-state index in [-0.39, 0.29) is 5.69 Å². The zero-order valence-electron chi connectivity index (χ0n) is 8.65. The van der Waals surface area contributed by atoms with Crippen LogP contribution >= 0.6 is 12.1 Å². The van der Waals surface area contributed by atoms with E-state index in [1.165, 1.54) is 22.5 Å². The number of halogens is 2. The number of nitrogens with one attached hydrogen (secondary N) is 1. The fourth-order valence-corrected chi connectivity index (χ4v) is 2.62. The lowest BCUT2D eigenvalue weighted by Gasteiger charge is -2.17. The average Bonchev–Trinajstić information content (AvgIpc) is 2.73. The Balaban J connectivity index is 2.13. The molecule has 2 nitrogen and oxygen atoms in total. The fraction of sp³-hybridized carbons (Fsp3) is 0. The van der Waals surface area contributed by atoms with Gasteiger partial charge in [-0.15, -0.1) is 0 Å². The molecule has 2 aromatic rings. The summed E-state index contributed by atoms with van der Waals surface area (Å²) < 4.78 is 31.9. The minimum Gasteiger partial charge on any atom is -0.310 e. The van der Waals surface area contributed by atoms with Crippen LogP contribution in [0.25, 0.3) is 0 Å². The van der Waals surface area contributed by atoms with Crippen molar-refractivity contribution in [3.05, 3.63) is 54.1 Å². The molecule has 0 aliphatic carbocycles. The minimum atomic E-state index is -0.573. The molecule has 0 aromatic heterocycles. The third-order valence-electron chi connectivity index (χ3n) is 2.51. The molecule has 5 heteroatoms. The molecule has 0 fully saturated rings. The second-order valence-corrected chi connectivity index (χ2v) is 4.33. The smallest absolute Gasteiger partial charge is 0.150 e. The first-order valence-corrected chi connectivity index (χ1v) is 5.81. The van der Waals surface area contributed by atoms with E-state index in [0.717, 1.165) is 23.5 Å². The average molecular weight is 250 g/mol. The van der Waals surface area contributed by atoms with Crippen molar-refractivity contribution in [3.8, 4) is 0 Å². The molecule has 0 bridgehead atoms. The summed E-state index contributed by atoms with van der Waals surface area (Å²) in [5, 5.41) is 0. The molecule has 2 aromatic carbocycles. The van der Waals surface area contributed by atoms with E-state index in [2.05, 4.69) is 4.72 Å². The van der Waals surface area contributed by atoms with E-state index in [1.54, 1.807) is 0 Å². The monoisotopic (exact) mass is 250 g/mol. The van der Waals surface area contributed by atoms with Gasteiger partial charge in [-0.3, -0.25) is 4.31 Å². The number of hydrogen-bond acceptors (Lipinski definition) is 3. The maximum Gasteiger partial charge on any atom is 0.150 e. The van der Waals surface area contributed by atoms with Crippen LogP contribution in [0.4, 0.5) is 25.8 Å². The number of hydrogen-bond donors (Lipinski definition) is 1. The molecule has 1 N–H and O–H groups in total. The van der Waals surface area contributed by atoms with Crippen molar-refractivity contribution in [1.82, 2.24) is 0 Å². The van der Waals surface area contributed by atoms with Crippen LogP contribution < -0.4 is 9.03 Å². The van der Waals surface area contributed by atoms with Crippen LogP contribution in [0.3, 0.4) is 0 Å². The van der Waals surface area contributed by atoms with Gasteiger partial charge in [0.15, 0.2) is 11.6 Å². The van der Waals surface area contributed by atoms with Crippen LogP contribution in [0, 0.1) is 11.6 Å². The Kier molecular flexibility index (Phi) is 2.40. The summed E-state index contributed by atoms with van der Waals surface area (Å²) in [5.41, 5.74) is 1.55. The van der Waals surface area contributed by atoms with Gasteiger partial charge >= 0.3 is 0 Å². The molecule has 1 aliphatic heterocycles. The molecule has 0 radical (unpaired) electrons. The highest BCUT2D eigenvalue weighted by Gasteiger charge is 2.25. The highest BCUT2D eigenvalue weighted by Crippen LogP contribution is 2.45. The van der Waals surface area contributed by atoms with Gasteiger partial charge in [-0.2, -0.15) is 0 Å². The fourth-order valence-electron chi connectivity index (χ4n) is 1.73. The van der Waals surface area contributed by atoms with Crippen LogP contribution in [-0.4, -0.2) is 0 Å². The summed E-state index contributed by atoms with van der Waals surface area (Å²) in [6.07, 6.45) is 0. The number of rotatable bonds is 1. The number of benzene rings is 2. The molecule has 86 valence electrons. The Hall–Kier alpha value is -1.75. The van der Waals surface area contributed by atoms with Gasteiger partial charge in [0, 0.05) is 0 Å². The molecule has 0 spiro atoms. The molecule has 0 atom stereocenters.